The number of alkyl halides is 2. The van der Waals surface area contributed by atoms with Crippen molar-refractivity contribution in [2.75, 3.05) is 26.7 Å². The van der Waals surface area contributed by atoms with E-state index >= 15 is 0 Å². The van der Waals surface area contributed by atoms with Crippen molar-refractivity contribution >= 4 is 40.7 Å². The van der Waals surface area contributed by atoms with Gasteiger partial charge in [0.1, 0.15) is 5.82 Å². The van der Waals surface area contributed by atoms with Crippen LogP contribution in [-0.4, -0.2) is 71.5 Å². The fourth-order valence-electron chi connectivity index (χ4n) is 3.95. The van der Waals surface area contributed by atoms with Crippen molar-refractivity contribution < 1.29 is 32.6 Å². The number of carbonyl (C=O) groups is 2. The molecule has 200 valence electrons. The lowest BCUT2D eigenvalue weighted by Gasteiger charge is -2.40. The summed E-state index contributed by atoms with van der Waals surface area (Å²) < 4.78 is 45.1. The molecule has 0 spiro atoms. The van der Waals surface area contributed by atoms with Gasteiger partial charge in [-0.2, -0.15) is 0 Å². The SMILES string of the molecule is COC(=O)C1=C(CN2CC(F)(F)CCC2CCC(=O)O)NC(c2nccs2)=NC1.Fc1cccc(Cl)c1. The molecule has 2 aliphatic heterocycles. The Morgan fingerprint density at radius 2 is 2.16 bits per heavy atom. The maximum Gasteiger partial charge on any atom is 0.337 e. The van der Waals surface area contributed by atoms with E-state index in [2.05, 4.69) is 15.3 Å². The van der Waals surface area contributed by atoms with Gasteiger partial charge in [-0.1, -0.05) is 17.7 Å². The third-order valence-electron chi connectivity index (χ3n) is 5.73. The van der Waals surface area contributed by atoms with Gasteiger partial charge in [0.15, 0.2) is 10.8 Å². The smallest absolute Gasteiger partial charge is 0.337 e. The topological polar surface area (TPSA) is 104 Å². The predicted molar refractivity (Wildman–Crippen MR) is 134 cm³/mol. The molecular formula is C24H26ClF3N4O4S. The highest BCUT2D eigenvalue weighted by Gasteiger charge is 2.40. The molecule has 1 aromatic carbocycles. The average molecular weight is 559 g/mol. The van der Waals surface area contributed by atoms with Gasteiger partial charge in [0.05, 0.1) is 25.8 Å². The van der Waals surface area contributed by atoms with Crippen LogP contribution in [0.15, 0.2) is 52.1 Å². The number of amidine groups is 1. The Bertz CT molecular complexity index is 1140. The van der Waals surface area contributed by atoms with Crippen LogP contribution in [-0.2, 0) is 14.3 Å². The van der Waals surface area contributed by atoms with E-state index in [1.54, 1.807) is 28.6 Å². The van der Waals surface area contributed by atoms with E-state index < -0.39 is 24.4 Å². The highest BCUT2D eigenvalue weighted by molar-refractivity contribution is 7.11. The van der Waals surface area contributed by atoms with Crippen LogP contribution in [0.5, 0.6) is 0 Å². The molecule has 0 saturated carbocycles. The Hall–Kier alpha value is -2.96. The van der Waals surface area contributed by atoms with Gasteiger partial charge in [0.2, 0.25) is 0 Å². The number of hydrogen-bond donors (Lipinski definition) is 2. The number of aromatic nitrogens is 1. The summed E-state index contributed by atoms with van der Waals surface area (Å²) in [5.74, 6) is -4.25. The summed E-state index contributed by atoms with van der Waals surface area (Å²) in [7, 11) is 1.25. The molecule has 13 heteroatoms. The minimum atomic E-state index is -2.87. The first-order chi connectivity index (χ1) is 17.6. The molecule has 3 heterocycles. The Labute approximate surface area is 220 Å². The van der Waals surface area contributed by atoms with Gasteiger partial charge in [0, 0.05) is 47.7 Å². The van der Waals surface area contributed by atoms with Crippen molar-refractivity contribution in [1.82, 2.24) is 15.2 Å². The monoisotopic (exact) mass is 558 g/mol. The van der Waals surface area contributed by atoms with Gasteiger partial charge < -0.3 is 15.2 Å². The number of benzene rings is 1. The number of rotatable bonds is 7. The molecule has 2 aromatic rings. The van der Waals surface area contributed by atoms with Gasteiger partial charge in [-0.15, -0.1) is 11.3 Å². The number of ether oxygens (including phenoxy) is 1. The summed E-state index contributed by atoms with van der Waals surface area (Å²) in [5.41, 5.74) is 0.689. The lowest BCUT2D eigenvalue weighted by atomic mass is 9.95. The summed E-state index contributed by atoms with van der Waals surface area (Å²) >= 11 is 6.77. The number of thiazole rings is 1. The summed E-state index contributed by atoms with van der Waals surface area (Å²) in [5, 5.41) is 14.9. The standard InChI is InChI=1S/C18H22F2N4O4S.C6H4ClF/c1-28-17(27)12-8-22-15(16-21-6-7-29-16)23-13(12)9-24-10-18(19,20)5-4-11(24)2-3-14(25)26;7-5-2-1-3-6(8)4-5/h6-7,11H,2-5,8-10H2,1H3,(H,22,23)(H,25,26);1-4H. The lowest BCUT2D eigenvalue weighted by Crippen LogP contribution is -2.51. The first-order valence-corrected chi connectivity index (χ1v) is 12.6. The maximum absolute atomic E-state index is 14.1. The second-order valence-corrected chi connectivity index (χ2v) is 9.73. The average Bonchev–Trinajstić information content (AvgIpc) is 3.38. The van der Waals surface area contributed by atoms with Gasteiger partial charge in [-0.25, -0.2) is 22.9 Å². The van der Waals surface area contributed by atoms with E-state index in [4.69, 9.17) is 21.4 Å². The van der Waals surface area contributed by atoms with Crippen molar-refractivity contribution in [2.24, 2.45) is 4.99 Å². The third-order valence-corrected chi connectivity index (χ3v) is 6.74. The second kappa shape index (κ2) is 13.0. The predicted octanol–water partition coefficient (Wildman–Crippen LogP) is 4.36. The number of nitrogens with zero attached hydrogens (tertiary/aromatic N) is 3. The third kappa shape index (κ3) is 8.54. The summed E-state index contributed by atoms with van der Waals surface area (Å²) in [4.78, 5) is 33.2. The van der Waals surface area contributed by atoms with Crippen LogP contribution in [0.25, 0.3) is 0 Å². The molecule has 1 unspecified atom stereocenters. The fraction of sp³-hybridized carbons (Fsp3) is 0.417. The molecule has 1 aromatic heterocycles. The zero-order chi connectivity index (χ0) is 27.0. The minimum absolute atomic E-state index is 0.0364. The number of likely N-dealkylation sites (tertiary alicyclic amines) is 1. The van der Waals surface area contributed by atoms with Gasteiger partial charge in [0.25, 0.3) is 5.92 Å². The lowest BCUT2D eigenvalue weighted by molar-refractivity contribution is -0.138. The number of hydrogen-bond acceptors (Lipinski definition) is 8. The molecule has 2 aliphatic rings. The Balaban J connectivity index is 0.000000405. The molecule has 0 radical (unpaired) electrons. The van der Waals surface area contributed by atoms with Gasteiger partial charge in [-0.05, 0) is 31.0 Å². The number of aliphatic carboxylic acids is 1. The highest BCUT2D eigenvalue weighted by atomic mass is 35.5. The molecular weight excluding hydrogens is 533 g/mol. The Morgan fingerprint density at radius 3 is 2.76 bits per heavy atom. The largest absolute Gasteiger partial charge is 0.481 e. The zero-order valence-electron chi connectivity index (χ0n) is 19.9. The molecule has 4 rings (SSSR count). The zero-order valence-corrected chi connectivity index (χ0v) is 21.5. The molecule has 0 amide bonds. The number of carbonyl (C=O) groups excluding carboxylic acids is 1. The van der Waals surface area contributed by atoms with Crippen molar-refractivity contribution in [3.05, 3.63) is 63.0 Å². The van der Waals surface area contributed by atoms with Crippen LogP contribution in [0.1, 0.15) is 30.7 Å². The van der Waals surface area contributed by atoms with Crippen molar-refractivity contribution in [1.29, 1.82) is 0 Å². The molecule has 0 aliphatic carbocycles. The van der Waals surface area contributed by atoms with E-state index in [-0.39, 0.29) is 56.2 Å². The first-order valence-electron chi connectivity index (χ1n) is 11.3. The number of aliphatic imine (C=N–C) groups is 1. The summed E-state index contributed by atoms with van der Waals surface area (Å²) in [6.45, 7) is -0.413. The number of nitrogens with one attached hydrogen (secondary N) is 1. The molecule has 37 heavy (non-hydrogen) atoms. The summed E-state index contributed by atoms with van der Waals surface area (Å²) in [6, 6.07) is 5.50. The minimum Gasteiger partial charge on any atom is -0.481 e. The van der Waals surface area contributed by atoms with E-state index in [1.807, 2.05) is 0 Å². The van der Waals surface area contributed by atoms with Crippen LogP contribution in [0.2, 0.25) is 5.02 Å². The maximum atomic E-state index is 14.1. The van der Waals surface area contributed by atoms with Crippen LogP contribution in [0.4, 0.5) is 13.2 Å². The molecule has 1 atom stereocenters. The fourth-order valence-corrected chi connectivity index (χ4v) is 4.73. The molecule has 0 bridgehead atoms. The second-order valence-electron chi connectivity index (χ2n) is 8.40. The van der Waals surface area contributed by atoms with E-state index in [9.17, 15) is 22.8 Å². The van der Waals surface area contributed by atoms with E-state index in [0.29, 0.717) is 21.6 Å². The Morgan fingerprint density at radius 1 is 1.38 bits per heavy atom. The molecule has 8 nitrogen and oxygen atoms in total. The molecule has 2 N–H and O–H groups in total. The number of halogens is 4. The van der Waals surface area contributed by atoms with Crippen LogP contribution >= 0.6 is 22.9 Å². The van der Waals surface area contributed by atoms with Crippen molar-refractivity contribution in [3.63, 3.8) is 0 Å². The van der Waals surface area contributed by atoms with E-state index in [1.165, 1.54) is 30.6 Å². The number of carboxylic acids is 1. The van der Waals surface area contributed by atoms with Crippen LogP contribution in [0, 0.1) is 5.82 Å². The van der Waals surface area contributed by atoms with Gasteiger partial charge >= 0.3 is 11.9 Å². The van der Waals surface area contributed by atoms with Crippen LogP contribution < -0.4 is 5.32 Å². The first kappa shape index (κ1) is 28.6. The summed E-state index contributed by atoms with van der Waals surface area (Å²) in [6.07, 6.45) is 1.69. The number of methoxy groups -OCH3 is 1. The quantitative estimate of drug-likeness (QED) is 0.487. The van der Waals surface area contributed by atoms with Crippen LogP contribution in [0.3, 0.4) is 0 Å². The van der Waals surface area contributed by atoms with Crippen molar-refractivity contribution in [3.8, 4) is 0 Å². The number of esters is 1. The molecule has 1 fully saturated rings. The number of carboxylic acid groups (broad SMARTS) is 1. The number of piperidine rings is 1. The van der Waals surface area contributed by atoms with E-state index in [0.717, 1.165) is 0 Å². The molecule has 1 saturated heterocycles. The van der Waals surface area contributed by atoms with Crippen molar-refractivity contribution in [2.45, 2.75) is 37.6 Å². The Kier molecular flexibility index (Phi) is 10.1. The highest BCUT2D eigenvalue weighted by Crippen LogP contribution is 2.33. The van der Waals surface area contributed by atoms with Gasteiger partial charge in [-0.3, -0.25) is 14.7 Å². The normalized spacial score (nSPS) is 19.3.